The highest BCUT2D eigenvalue weighted by Crippen LogP contribution is 2.64. The summed E-state index contributed by atoms with van der Waals surface area (Å²) in [6.45, 7) is 2.06. The largest absolute Gasteiger partial charge is 0.290 e. The van der Waals surface area contributed by atoms with Crippen molar-refractivity contribution >= 4 is 76.5 Å². The van der Waals surface area contributed by atoms with Gasteiger partial charge >= 0.3 is 0 Å². The molecule has 41 heavy (non-hydrogen) atoms. The van der Waals surface area contributed by atoms with Crippen LogP contribution in [0.25, 0.3) is 0 Å². The van der Waals surface area contributed by atoms with E-state index >= 15 is 0 Å². The van der Waals surface area contributed by atoms with Crippen LogP contribution >= 0.6 is 54.6 Å². The molecule has 1 N–H and O–H groups in total. The third kappa shape index (κ3) is 6.89. The van der Waals surface area contributed by atoms with Gasteiger partial charge in [0.1, 0.15) is 20.3 Å². The number of thioether (sulfide) groups is 1. The van der Waals surface area contributed by atoms with Crippen LogP contribution in [0.3, 0.4) is 0 Å². The summed E-state index contributed by atoms with van der Waals surface area (Å²) in [5.74, 6) is -0.249. The predicted octanol–water partition coefficient (Wildman–Crippen LogP) is 8.95. The summed E-state index contributed by atoms with van der Waals surface area (Å²) in [6.07, 6.45) is 0. The molecule has 0 aliphatic carbocycles. The summed E-state index contributed by atoms with van der Waals surface area (Å²) in [7, 11) is -2.68. The van der Waals surface area contributed by atoms with Gasteiger partial charge < -0.3 is 0 Å². The van der Waals surface area contributed by atoms with Gasteiger partial charge in [-0.15, -0.1) is 12.4 Å². The van der Waals surface area contributed by atoms with Gasteiger partial charge in [0, 0.05) is 15.5 Å². The minimum atomic E-state index is -2.68. The molecule has 2 nitrogen and oxygen atoms in total. The van der Waals surface area contributed by atoms with Gasteiger partial charge in [-0.2, -0.15) is 0 Å². The summed E-state index contributed by atoms with van der Waals surface area (Å²) >= 11 is 14.9. The molecular formula is C34H28Cl3NOPS+. The highest BCUT2D eigenvalue weighted by Gasteiger charge is 2.52. The number of hydrogen-bond donors (Lipinski definition) is 1. The zero-order valence-corrected chi connectivity index (χ0v) is 26.2. The van der Waals surface area contributed by atoms with Gasteiger partial charge in [0.05, 0.1) is 0 Å². The van der Waals surface area contributed by atoms with E-state index in [0.29, 0.717) is 20.4 Å². The first-order chi connectivity index (χ1) is 19.5. The molecule has 5 aromatic carbocycles. The Morgan fingerprint density at radius 2 is 1.10 bits per heavy atom. The molecule has 0 unspecified atom stereocenters. The van der Waals surface area contributed by atoms with E-state index in [9.17, 15) is 4.79 Å². The Hall–Kier alpha value is -3.04. The van der Waals surface area contributed by atoms with Crippen molar-refractivity contribution in [1.82, 2.24) is 5.32 Å². The molecule has 0 atom stereocenters. The Labute approximate surface area is 262 Å². The first-order valence-corrected chi connectivity index (χ1v) is 16.1. The normalized spacial score (nSPS) is 11.7. The Morgan fingerprint density at radius 1 is 0.659 bits per heavy atom. The number of carbonyl (C=O) groups is 1. The van der Waals surface area contributed by atoms with Crippen LogP contribution in [-0.4, -0.2) is 5.91 Å². The standard InChI is InChI=1S/C34H26Cl2NOPS.ClH/c1-25-17-23-31(24-18-25)40-32(36)34(37-33(38)26-19-21-27(35)22-20-26)39(28-11-5-2-6-12-28,29-13-7-3-8-14-29)30-15-9-4-10-16-30;/h2-24H,1H3;1H/p+1/b34-32+;. The first kappa shape index (κ1) is 30.9. The molecule has 0 saturated heterocycles. The molecule has 206 valence electrons. The second-order valence-corrected chi connectivity index (χ2v) is 14.6. The van der Waals surface area contributed by atoms with E-state index in [-0.39, 0.29) is 18.3 Å². The Kier molecular flexibility index (Phi) is 10.7. The highest BCUT2D eigenvalue weighted by molar-refractivity contribution is 8.06. The lowest BCUT2D eigenvalue weighted by Gasteiger charge is -2.30. The second kappa shape index (κ2) is 14.2. The maximum Gasteiger partial charge on any atom is 0.258 e. The third-order valence-electron chi connectivity index (χ3n) is 6.52. The summed E-state index contributed by atoms with van der Waals surface area (Å²) in [6, 6.07) is 46.1. The van der Waals surface area contributed by atoms with E-state index < -0.39 is 7.26 Å². The van der Waals surface area contributed by atoms with Crippen LogP contribution < -0.4 is 21.2 Å². The average Bonchev–Trinajstić information content (AvgIpc) is 3.00. The zero-order valence-electron chi connectivity index (χ0n) is 22.2. The van der Waals surface area contributed by atoms with Crippen molar-refractivity contribution in [2.75, 3.05) is 0 Å². The van der Waals surface area contributed by atoms with Crippen molar-refractivity contribution in [2.45, 2.75) is 11.8 Å². The fourth-order valence-corrected chi connectivity index (χ4v) is 10.6. The Balaban J connectivity index is 0.00000387. The van der Waals surface area contributed by atoms with Crippen LogP contribution in [0.15, 0.2) is 154 Å². The topological polar surface area (TPSA) is 29.1 Å². The van der Waals surface area contributed by atoms with E-state index in [4.69, 9.17) is 23.2 Å². The number of halogens is 3. The van der Waals surface area contributed by atoms with E-state index in [1.165, 1.54) is 17.3 Å². The molecule has 0 saturated carbocycles. The average molecular weight is 636 g/mol. The highest BCUT2D eigenvalue weighted by atomic mass is 35.5. The minimum Gasteiger partial charge on any atom is -0.290 e. The lowest BCUT2D eigenvalue weighted by molar-refractivity contribution is 0.0968. The molecule has 0 spiro atoms. The number of carbonyl (C=O) groups excluding carboxylic acids is 1. The van der Waals surface area contributed by atoms with Gasteiger partial charge in [0.2, 0.25) is 5.44 Å². The van der Waals surface area contributed by atoms with Crippen molar-refractivity contribution in [1.29, 1.82) is 0 Å². The monoisotopic (exact) mass is 634 g/mol. The molecule has 1 amide bonds. The van der Waals surface area contributed by atoms with Gasteiger partial charge in [0.15, 0.2) is 7.26 Å². The van der Waals surface area contributed by atoms with E-state index in [1.54, 1.807) is 24.3 Å². The first-order valence-electron chi connectivity index (χ1n) is 12.8. The van der Waals surface area contributed by atoms with Gasteiger partial charge in [-0.05, 0) is 79.7 Å². The summed E-state index contributed by atoms with van der Waals surface area (Å²) in [5, 5.41) is 7.14. The quantitative estimate of drug-likeness (QED) is 0.136. The van der Waals surface area contributed by atoms with Crippen LogP contribution in [0.1, 0.15) is 15.9 Å². The Morgan fingerprint density at radius 3 is 1.54 bits per heavy atom. The lowest BCUT2D eigenvalue weighted by Crippen LogP contribution is -2.38. The molecule has 0 aliphatic heterocycles. The van der Waals surface area contributed by atoms with Crippen molar-refractivity contribution in [2.24, 2.45) is 0 Å². The zero-order chi connectivity index (χ0) is 28.0. The molecule has 5 rings (SSSR count). The van der Waals surface area contributed by atoms with Gasteiger partial charge in [-0.1, -0.05) is 107 Å². The van der Waals surface area contributed by atoms with Gasteiger partial charge in [-0.3, -0.25) is 10.1 Å². The van der Waals surface area contributed by atoms with Crippen molar-refractivity contribution < 1.29 is 4.79 Å². The SMILES string of the molecule is Cc1ccc(S/C(Cl)=C(\NC(=O)c2ccc(Cl)cc2)[P+](c2ccccc2)(c2ccccc2)c2ccccc2)cc1.Cl. The van der Waals surface area contributed by atoms with Crippen molar-refractivity contribution in [3.63, 3.8) is 0 Å². The molecule has 0 radical (unpaired) electrons. The van der Waals surface area contributed by atoms with Crippen LogP contribution in [-0.2, 0) is 0 Å². The lowest BCUT2D eigenvalue weighted by atomic mass is 10.2. The molecule has 0 aliphatic rings. The van der Waals surface area contributed by atoms with E-state index in [0.717, 1.165) is 20.8 Å². The number of hydrogen-bond acceptors (Lipinski definition) is 2. The molecule has 0 aromatic heterocycles. The third-order valence-corrected chi connectivity index (χ3v) is 12.6. The maximum absolute atomic E-state index is 13.9. The molecular weight excluding hydrogens is 608 g/mol. The number of nitrogens with one attached hydrogen (secondary N) is 1. The molecule has 0 heterocycles. The Bertz CT molecular complexity index is 1520. The fourth-order valence-electron chi connectivity index (χ4n) is 4.59. The summed E-state index contributed by atoms with van der Waals surface area (Å²) in [4.78, 5) is 14.9. The van der Waals surface area contributed by atoms with Crippen molar-refractivity contribution in [3.8, 4) is 0 Å². The smallest absolute Gasteiger partial charge is 0.258 e. The molecule has 0 fully saturated rings. The van der Waals surface area contributed by atoms with Crippen LogP contribution in [0.5, 0.6) is 0 Å². The second-order valence-electron chi connectivity index (χ2n) is 9.18. The maximum atomic E-state index is 13.9. The van der Waals surface area contributed by atoms with E-state index in [1.807, 2.05) is 54.6 Å². The van der Waals surface area contributed by atoms with Gasteiger partial charge in [0.25, 0.3) is 5.91 Å². The number of rotatable bonds is 8. The van der Waals surface area contributed by atoms with Crippen molar-refractivity contribution in [3.05, 3.63) is 165 Å². The molecule has 0 bridgehead atoms. The summed E-state index contributed by atoms with van der Waals surface area (Å²) < 4.78 is 0.510. The predicted molar refractivity (Wildman–Crippen MR) is 181 cm³/mol. The number of aryl methyl sites for hydroxylation is 1. The summed E-state index contributed by atoms with van der Waals surface area (Å²) in [5.41, 5.74) is 2.35. The molecule has 5 aromatic rings. The van der Waals surface area contributed by atoms with Gasteiger partial charge in [-0.25, -0.2) is 0 Å². The molecule has 7 heteroatoms. The number of amides is 1. The minimum absolute atomic E-state index is 0. The number of benzene rings is 5. The van der Waals surface area contributed by atoms with Crippen LogP contribution in [0.2, 0.25) is 5.02 Å². The fraction of sp³-hybridized carbons (Fsp3) is 0.0294. The van der Waals surface area contributed by atoms with Crippen LogP contribution in [0.4, 0.5) is 0 Å². The van der Waals surface area contributed by atoms with E-state index in [2.05, 4.69) is 72.9 Å². The van der Waals surface area contributed by atoms with Crippen LogP contribution in [0, 0.1) is 6.92 Å².